The van der Waals surface area contributed by atoms with Gasteiger partial charge in [0, 0.05) is 25.7 Å². The normalized spacial score (nSPS) is 15.2. The first-order valence-electron chi connectivity index (χ1n) is 13.1. The first kappa shape index (κ1) is 28.9. The number of sulfonamides is 1. The van der Waals surface area contributed by atoms with E-state index in [1.165, 1.54) is 16.4 Å². The van der Waals surface area contributed by atoms with Crippen LogP contribution in [0.4, 0.5) is 0 Å². The third kappa shape index (κ3) is 5.77. The van der Waals surface area contributed by atoms with Crippen LogP contribution < -0.4 is 15.9 Å². The molecule has 1 saturated heterocycles. The van der Waals surface area contributed by atoms with Crippen LogP contribution in [0.25, 0.3) is 22.4 Å². The summed E-state index contributed by atoms with van der Waals surface area (Å²) in [6, 6.07) is 4.57. The van der Waals surface area contributed by atoms with E-state index in [1.54, 1.807) is 23.3 Å². The van der Waals surface area contributed by atoms with Gasteiger partial charge >= 0.3 is 0 Å². The molecule has 0 spiro atoms. The number of nitrogens with one attached hydrogen (secondary N) is 2. The number of aryl methyl sites for hydroxylation is 2. The molecular formula is C26H35N5O7S. The number of hydrogen-bond donors (Lipinski definition) is 3. The van der Waals surface area contributed by atoms with E-state index in [4.69, 9.17) is 19.8 Å². The predicted octanol–water partition coefficient (Wildman–Crippen LogP) is 2.79. The van der Waals surface area contributed by atoms with Crippen LogP contribution in [0.15, 0.2) is 27.9 Å². The Morgan fingerprint density at radius 2 is 2.00 bits per heavy atom. The molecule has 1 aromatic carbocycles. The molecule has 0 amide bonds. The molecule has 13 heteroatoms. The minimum Gasteiger partial charge on any atom is -0.493 e. The minimum atomic E-state index is -3.82. The van der Waals surface area contributed by atoms with Crippen molar-refractivity contribution in [2.45, 2.75) is 50.8 Å². The Balaban J connectivity index is 1.74. The summed E-state index contributed by atoms with van der Waals surface area (Å²) in [5.74, 6) is 0.851. The van der Waals surface area contributed by atoms with Crippen molar-refractivity contribution >= 4 is 27.3 Å². The zero-order valence-corrected chi connectivity index (χ0v) is 23.2. The molecular weight excluding hydrogens is 526 g/mol. The van der Waals surface area contributed by atoms with Crippen LogP contribution in [-0.4, -0.2) is 65.1 Å². The Bertz CT molecular complexity index is 1490. The van der Waals surface area contributed by atoms with E-state index in [0.29, 0.717) is 86.0 Å². The van der Waals surface area contributed by atoms with Gasteiger partial charge in [-0.05, 0) is 56.7 Å². The van der Waals surface area contributed by atoms with Gasteiger partial charge in [-0.2, -0.15) is 4.31 Å². The molecule has 0 aliphatic carbocycles. The fraction of sp³-hybridized carbons (Fsp3) is 0.500. The molecule has 12 nitrogen and oxygen atoms in total. The maximum atomic E-state index is 13.6. The Morgan fingerprint density at radius 3 is 2.64 bits per heavy atom. The summed E-state index contributed by atoms with van der Waals surface area (Å²) >= 11 is 0. The Labute approximate surface area is 226 Å². The summed E-state index contributed by atoms with van der Waals surface area (Å²) in [7, 11) is -2.17. The van der Waals surface area contributed by atoms with Crippen LogP contribution in [0.1, 0.15) is 55.6 Å². The van der Waals surface area contributed by atoms with Gasteiger partial charge in [-0.25, -0.2) is 13.4 Å². The lowest BCUT2D eigenvalue weighted by Gasteiger charge is -2.31. The van der Waals surface area contributed by atoms with Crippen LogP contribution >= 0.6 is 0 Å². The molecule has 0 unspecified atom stereocenters. The second kappa shape index (κ2) is 12.4. The molecule has 0 bridgehead atoms. The lowest BCUT2D eigenvalue weighted by atomic mass is 9.95. The third-order valence-electron chi connectivity index (χ3n) is 7.21. The highest BCUT2D eigenvalue weighted by Gasteiger charge is 2.30. The van der Waals surface area contributed by atoms with Crippen molar-refractivity contribution in [2.24, 2.45) is 13.0 Å². The van der Waals surface area contributed by atoms with E-state index in [1.807, 2.05) is 13.8 Å². The van der Waals surface area contributed by atoms with E-state index in [-0.39, 0.29) is 16.2 Å². The number of H-pyrrole nitrogens is 1. The minimum absolute atomic E-state index is 0.0744. The van der Waals surface area contributed by atoms with Crippen molar-refractivity contribution in [3.63, 3.8) is 0 Å². The Morgan fingerprint density at radius 1 is 1.26 bits per heavy atom. The highest BCUT2D eigenvalue weighted by molar-refractivity contribution is 7.89. The summed E-state index contributed by atoms with van der Waals surface area (Å²) in [5.41, 5.74) is 3.36. The van der Waals surface area contributed by atoms with Crippen LogP contribution in [0, 0.1) is 5.92 Å². The van der Waals surface area contributed by atoms with Crippen molar-refractivity contribution in [2.75, 3.05) is 26.3 Å². The van der Waals surface area contributed by atoms with Crippen LogP contribution in [-0.2, 0) is 28.3 Å². The number of aldehydes is 1. The number of fused-ring (bicyclic) bond motifs is 1. The number of carbonyl (C=O) groups is 1. The molecule has 4 rings (SSSR count). The van der Waals surface area contributed by atoms with Crippen LogP contribution in [0.3, 0.4) is 0 Å². The highest BCUT2D eigenvalue weighted by atomic mass is 32.2. The molecule has 212 valence electrons. The lowest BCUT2D eigenvalue weighted by Crippen LogP contribution is -2.38. The van der Waals surface area contributed by atoms with Crippen molar-refractivity contribution in [3.8, 4) is 17.1 Å². The fourth-order valence-electron chi connectivity index (χ4n) is 5.20. The standard InChI is InChI=1S/C26H35N5O7S/c1-4-6-19-21(16-32)30(3)24-23(19)27-25(28-26(24)33)20-15-18(7-8-22(20)37-5-2)39(35,36)31-12-9-17(10-13-31)11-14-38-29-34/h7-8,15-17,29,34H,4-6,9-14H2,1-3H3,(H,27,28,33). The van der Waals surface area contributed by atoms with Gasteiger partial charge in [-0.15, -0.1) is 0 Å². The number of rotatable bonds is 12. The molecule has 2 aromatic heterocycles. The van der Waals surface area contributed by atoms with E-state index in [9.17, 15) is 18.0 Å². The van der Waals surface area contributed by atoms with E-state index in [0.717, 1.165) is 12.7 Å². The van der Waals surface area contributed by atoms with Crippen molar-refractivity contribution in [1.82, 2.24) is 24.5 Å². The molecule has 0 saturated carbocycles. The average molecular weight is 562 g/mol. The third-order valence-corrected chi connectivity index (χ3v) is 9.10. The zero-order valence-electron chi connectivity index (χ0n) is 22.4. The lowest BCUT2D eigenvalue weighted by molar-refractivity contribution is -0.130. The zero-order chi connectivity index (χ0) is 28.2. The maximum absolute atomic E-state index is 13.6. The number of aromatic amines is 1. The summed E-state index contributed by atoms with van der Waals surface area (Å²) in [6.07, 6.45) is 4.11. The molecule has 0 atom stereocenters. The molecule has 1 fully saturated rings. The summed E-state index contributed by atoms with van der Waals surface area (Å²) in [5, 5.41) is 8.55. The topological polar surface area (TPSA) is 156 Å². The maximum Gasteiger partial charge on any atom is 0.275 e. The van der Waals surface area contributed by atoms with Gasteiger partial charge in [0.2, 0.25) is 10.0 Å². The molecule has 3 N–H and O–H groups in total. The predicted molar refractivity (Wildman–Crippen MR) is 144 cm³/mol. The highest BCUT2D eigenvalue weighted by Crippen LogP contribution is 2.34. The summed E-state index contributed by atoms with van der Waals surface area (Å²) in [4.78, 5) is 37.3. The largest absolute Gasteiger partial charge is 0.493 e. The quantitative estimate of drug-likeness (QED) is 0.172. The van der Waals surface area contributed by atoms with Crippen molar-refractivity contribution < 1.29 is 28.0 Å². The average Bonchev–Trinajstić information content (AvgIpc) is 3.20. The van der Waals surface area contributed by atoms with Gasteiger partial charge in [0.1, 0.15) is 22.6 Å². The first-order chi connectivity index (χ1) is 18.8. The van der Waals surface area contributed by atoms with Gasteiger partial charge in [-0.1, -0.05) is 19.0 Å². The number of piperidine rings is 1. The SMILES string of the molecule is CCCc1c(C=O)n(C)c2c(=O)[nH]c(-c3cc(S(=O)(=O)N4CCC(CCONO)CC4)ccc3OCC)nc12. The molecule has 3 aromatic rings. The van der Waals surface area contributed by atoms with E-state index >= 15 is 0 Å². The number of aromatic nitrogens is 3. The van der Waals surface area contributed by atoms with Gasteiger partial charge < -0.3 is 14.3 Å². The molecule has 3 heterocycles. The van der Waals surface area contributed by atoms with Gasteiger partial charge in [0.05, 0.1) is 29.4 Å². The van der Waals surface area contributed by atoms with Crippen molar-refractivity contribution in [1.29, 1.82) is 0 Å². The van der Waals surface area contributed by atoms with Gasteiger partial charge in [0.25, 0.3) is 5.56 Å². The molecule has 0 radical (unpaired) electrons. The monoisotopic (exact) mass is 561 g/mol. The van der Waals surface area contributed by atoms with Gasteiger partial charge in [-0.3, -0.25) is 19.6 Å². The smallest absolute Gasteiger partial charge is 0.275 e. The Kier molecular flexibility index (Phi) is 9.18. The second-order valence-electron chi connectivity index (χ2n) is 9.57. The molecule has 39 heavy (non-hydrogen) atoms. The van der Waals surface area contributed by atoms with Crippen LogP contribution in [0.2, 0.25) is 0 Å². The van der Waals surface area contributed by atoms with Crippen LogP contribution in [0.5, 0.6) is 5.75 Å². The molecule has 1 aliphatic rings. The number of ether oxygens (including phenoxy) is 1. The second-order valence-corrected chi connectivity index (χ2v) is 11.5. The number of hydrogen-bond acceptors (Lipinski definition) is 9. The fourth-order valence-corrected chi connectivity index (χ4v) is 6.70. The van der Waals surface area contributed by atoms with E-state index < -0.39 is 15.6 Å². The summed E-state index contributed by atoms with van der Waals surface area (Å²) < 4.78 is 36.0. The molecule has 1 aliphatic heterocycles. The Hall–Kier alpha value is -3.10. The van der Waals surface area contributed by atoms with Crippen molar-refractivity contribution in [3.05, 3.63) is 39.8 Å². The van der Waals surface area contributed by atoms with Gasteiger partial charge in [0.15, 0.2) is 6.29 Å². The number of carbonyl (C=O) groups excluding carboxylic acids is 1. The number of nitrogens with zero attached hydrogens (tertiary/aromatic N) is 3. The first-order valence-corrected chi connectivity index (χ1v) is 14.6. The van der Waals surface area contributed by atoms with E-state index in [2.05, 4.69) is 4.98 Å². The summed E-state index contributed by atoms with van der Waals surface area (Å²) in [6.45, 7) is 5.18. The number of benzene rings is 1.